The molecule has 0 amide bonds. The average Bonchev–Trinajstić information content (AvgIpc) is 2.36. The maximum atomic E-state index is 10.0. The molecule has 0 radical (unpaired) electrons. The molecule has 4 heteroatoms. The van der Waals surface area contributed by atoms with Gasteiger partial charge in [-0.2, -0.15) is 0 Å². The third-order valence-corrected chi connectivity index (χ3v) is 2.76. The number of aliphatic hydroxyl groups excluding tert-OH is 3. The zero-order valence-corrected chi connectivity index (χ0v) is 10.1. The lowest BCUT2D eigenvalue weighted by Crippen LogP contribution is -2.30. The first-order chi connectivity index (χ1) is 8.20. The van der Waals surface area contributed by atoms with Crippen LogP contribution in [0.2, 0.25) is 0 Å². The summed E-state index contributed by atoms with van der Waals surface area (Å²) in [5.74, 6) is 0. The third-order valence-electron chi connectivity index (χ3n) is 2.76. The van der Waals surface area contributed by atoms with Gasteiger partial charge in [-0.25, -0.2) is 0 Å². The van der Waals surface area contributed by atoms with Gasteiger partial charge in [0.15, 0.2) is 0 Å². The van der Waals surface area contributed by atoms with Crippen molar-refractivity contribution in [3.8, 4) is 0 Å². The van der Waals surface area contributed by atoms with Gasteiger partial charge in [0.2, 0.25) is 0 Å². The molecule has 0 heterocycles. The average molecular weight is 239 g/mol. The van der Waals surface area contributed by atoms with Crippen LogP contribution in [0.15, 0.2) is 24.3 Å². The fraction of sp³-hybridized carbons (Fsp3) is 0.538. The third kappa shape index (κ3) is 4.09. The molecule has 0 fully saturated rings. The minimum atomic E-state index is -0.891. The van der Waals surface area contributed by atoms with Gasteiger partial charge in [-0.05, 0) is 31.0 Å². The summed E-state index contributed by atoms with van der Waals surface area (Å²) in [4.78, 5) is 0. The van der Waals surface area contributed by atoms with Crippen molar-refractivity contribution >= 4 is 0 Å². The summed E-state index contributed by atoms with van der Waals surface area (Å²) >= 11 is 0. The molecule has 4 nitrogen and oxygen atoms in total. The number of rotatable bonds is 7. The maximum absolute atomic E-state index is 10.0. The molecule has 0 aliphatic carbocycles. The molecule has 96 valence electrons. The summed E-state index contributed by atoms with van der Waals surface area (Å²) in [7, 11) is 1.73. The van der Waals surface area contributed by atoms with Crippen LogP contribution in [0.5, 0.6) is 0 Å². The van der Waals surface area contributed by atoms with Gasteiger partial charge in [0.1, 0.15) is 6.10 Å². The maximum Gasteiger partial charge on any atom is 0.106 e. The fourth-order valence-electron chi connectivity index (χ4n) is 1.85. The normalized spacial score (nSPS) is 14.6. The molecule has 2 unspecified atom stereocenters. The van der Waals surface area contributed by atoms with Crippen molar-refractivity contribution < 1.29 is 15.3 Å². The van der Waals surface area contributed by atoms with Gasteiger partial charge >= 0.3 is 0 Å². The Kier molecular flexibility index (Phi) is 6.15. The monoisotopic (exact) mass is 239 g/mol. The van der Waals surface area contributed by atoms with Crippen molar-refractivity contribution in [1.29, 1.82) is 0 Å². The number of nitrogens with one attached hydrogen (secondary N) is 1. The van der Waals surface area contributed by atoms with Crippen LogP contribution in [-0.2, 0) is 6.42 Å². The molecule has 17 heavy (non-hydrogen) atoms. The molecule has 0 aliphatic rings. The topological polar surface area (TPSA) is 72.7 Å². The second kappa shape index (κ2) is 7.40. The van der Waals surface area contributed by atoms with E-state index in [0.29, 0.717) is 19.4 Å². The Bertz CT molecular complexity index is 330. The first-order valence-electron chi connectivity index (χ1n) is 5.90. The van der Waals surface area contributed by atoms with Crippen LogP contribution in [0, 0.1) is 0 Å². The predicted octanol–water partition coefficient (Wildman–Crippen LogP) is 0.225. The molecule has 0 aromatic heterocycles. The lowest BCUT2D eigenvalue weighted by molar-refractivity contribution is 0.0197. The summed E-state index contributed by atoms with van der Waals surface area (Å²) in [5, 5.41) is 31.5. The van der Waals surface area contributed by atoms with Gasteiger partial charge in [-0.15, -0.1) is 0 Å². The van der Waals surface area contributed by atoms with Crippen LogP contribution in [0.4, 0.5) is 0 Å². The van der Waals surface area contributed by atoms with E-state index in [0.717, 1.165) is 11.1 Å². The Balaban J connectivity index is 2.80. The largest absolute Gasteiger partial charge is 0.396 e. The number of hydrogen-bond acceptors (Lipinski definition) is 4. The number of aryl methyl sites for hydroxylation is 1. The molecule has 0 spiro atoms. The first kappa shape index (κ1) is 14.1. The molecular formula is C13H21NO3. The van der Waals surface area contributed by atoms with Gasteiger partial charge in [0, 0.05) is 13.2 Å². The van der Waals surface area contributed by atoms with Gasteiger partial charge < -0.3 is 20.6 Å². The van der Waals surface area contributed by atoms with E-state index in [4.69, 9.17) is 5.11 Å². The van der Waals surface area contributed by atoms with Crippen LogP contribution >= 0.6 is 0 Å². The van der Waals surface area contributed by atoms with Crippen molar-refractivity contribution in [2.45, 2.75) is 25.0 Å². The molecule has 2 atom stereocenters. The fourth-order valence-corrected chi connectivity index (χ4v) is 1.85. The zero-order chi connectivity index (χ0) is 12.7. The van der Waals surface area contributed by atoms with Gasteiger partial charge in [-0.1, -0.05) is 24.3 Å². The highest BCUT2D eigenvalue weighted by molar-refractivity contribution is 5.30. The highest BCUT2D eigenvalue weighted by Crippen LogP contribution is 2.22. The van der Waals surface area contributed by atoms with E-state index >= 15 is 0 Å². The molecule has 1 rings (SSSR count). The number of hydrogen-bond donors (Lipinski definition) is 4. The minimum Gasteiger partial charge on any atom is -0.396 e. The Hall–Kier alpha value is -0.940. The van der Waals surface area contributed by atoms with E-state index in [1.54, 1.807) is 7.05 Å². The van der Waals surface area contributed by atoms with Crippen molar-refractivity contribution in [3.63, 3.8) is 0 Å². The summed E-state index contributed by atoms with van der Waals surface area (Å²) in [5.41, 5.74) is 1.72. The van der Waals surface area contributed by atoms with Crippen molar-refractivity contribution in [2.75, 3.05) is 20.2 Å². The van der Waals surface area contributed by atoms with Crippen LogP contribution < -0.4 is 5.32 Å². The van der Waals surface area contributed by atoms with Crippen LogP contribution in [0.1, 0.15) is 23.7 Å². The van der Waals surface area contributed by atoms with Crippen molar-refractivity contribution in [3.05, 3.63) is 35.4 Å². The van der Waals surface area contributed by atoms with Crippen molar-refractivity contribution in [2.24, 2.45) is 0 Å². The Morgan fingerprint density at radius 3 is 2.59 bits per heavy atom. The zero-order valence-electron chi connectivity index (χ0n) is 10.1. The van der Waals surface area contributed by atoms with E-state index < -0.39 is 12.2 Å². The number of benzene rings is 1. The second-order valence-electron chi connectivity index (χ2n) is 4.10. The first-order valence-corrected chi connectivity index (χ1v) is 5.90. The molecule has 0 saturated carbocycles. The highest BCUT2D eigenvalue weighted by atomic mass is 16.3. The molecule has 0 aliphatic heterocycles. The van der Waals surface area contributed by atoms with E-state index in [2.05, 4.69) is 5.32 Å². The van der Waals surface area contributed by atoms with E-state index in [1.807, 2.05) is 24.3 Å². The molecule has 1 aromatic rings. The van der Waals surface area contributed by atoms with Crippen LogP contribution in [0.25, 0.3) is 0 Å². The van der Waals surface area contributed by atoms with Crippen molar-refractivity contribution in [1.82, 2.24) is 5.32 Å². The predicted molar refractivity (Wildman–Crippen MR) is 66.7 cm³/mol. The molecule has 0 bridgehead atoms. The lowest BCUT2D eigenvalue weighted by Gasteiger charge is -2.20. The number of aliphatic hydroxyl groups is 3. The van der Waals surface area contributed by atoms with E-state index in [9.17, 15) is 10.2 Å². The Labute approximate surface area is 102 Å². The van der Waals surface area contributed by atoms with E-state index in [-0.39, 0.29) is 6.61 Å². The molecule has 1 aromatic carbocycles. The standard InChI is InChI=1S/C13H21NO3/c1-14-9-12(16)13(17)11-7-3-2-5-10(11)6-4-8-15/h2-3,5,7,12-17H,4,6,8-9H2,1H3. The summed E-state index contributed by atoms with van der Waals surface area (Å²) in [6.45, 7) is 0.471. The SMILES string of the molecule is CNCC(O)C(O)c1ccccc1CCCO. The molecule has 0 saturated heterocycles. The van der Waals surface area contributed by atoms with E-state index in [1.165, 1.54) is 0 Å². The molecular weight excluding hydrogens is 218 g/mol. The van der Waals surface area contributed by atoms with Gasteiger partial charge in [0.05, 0.1) is 6.10 Å². The Morgan fingerprint density at radius 1 is 1.24 bits per heavy atom. The second-order valence-corrected chi connectivity index (χ2v) is 4.10. The molecule has 4 N–H and O–H groups in total. The summed E-state index contributed by atoms with van der Waals surface area (Å²) < 4.78 is 0. The van der Waals surface area contributed by atoms with Gasteiger partial charge in [-0.3, -0.25) is 0 Å². The van der Waals surface area contributed by atoms with Gasteiger partial charge in [0.25, 0.3) is 0 Å². The quantitative estimate of drug-likeness (QED) is 0.549. The highest BCUT2D eigenvalue weighted by Gasteiger charge is 2.19. The Morgan fingerprint density at radius 2 is 1.94 bits per heavy atom. The smallest absolute Gasteiger partial charge is 0.106 e. The van der Waals surface area contributed by atoms with Crippen LogP contribution in [0.3, 0.4) is 0 Å². The summed E-state index contributed by atoms with van der Waals surface area (Å²) in [6.07, 6.45) is -0.352. The minimum absolute atomic E-state index is 0.128. The lowest BCUT2D eigenvalue weighted by atomic mass is 9.96. The van der Waals surface area contributed by atoms with Crippen LogP contribution in [-0.4, -0.2) is 41.6 Å². The number of likely N-dealkylation sites (N-methyl/N-ethyl adjacent to an activating group) is 1. The summed E-state index contributed by atoms with van der Waals surface area (Å²) in [6, 6.07) is 7.47.